The zero-order valence-electron chi connectivity index (χ0n) is 14.3. The third-order valence-corrected chi connectivity index (χ3v) is 5.36. The number of fused-ring (bicyclic) bond motifs is 1. The van der Waals surface area contributed by atoms with Gasteiger partial charge in [0.25, 0.3) is 5.91 Å². The molecule has 3 heterocycles. The minimum absolute atomic E-state index is 0.216. The van der Waals surface area contributed by atoms with Gasteiger partial charge in [-0.3, -0.25) is 19.3 Å². The van der Waals surface area contributed by atoms with E-state index in [1.807, 2.05) is 15.6 Å². The quantitative estimate of drug-likeness (QED) is 0.888. The average molecular weight is 374 g/mol. The summed E-state index contributed by atoms with van der Waals surface area (Å²) in [5, 5.41) is 7.68. The Kier molecular flexibility index (Phi) is 4.63. The van der Waals surface area contributed by atoms with Gasteiger partial charge in [-0.05, 0) is 25.0 Å². The minimum Gasteiger partial charge on any atom is -0.346 e. The molecular weight excluding hydrogens is 354 g/mol. The number of pyridine rings is 1. The molecule has 2 amide bonds. The Balaban J connectivity index is 1.38. The van der Waals surface area contributed by atoms with Crippen LogP contribution in [0.4, 0.5) is 0 Å². The lowest BCUT2D eigenvalue weighted by atomic mass is 9.84. The van der Waals surface area contributed by atoms with Crippen LogP contribution in [0.2, 0.25) is 5.02 Å². The molecule has 0 spiro atoms. The number of halogens is 1. The Bertz CT molecular complexity index is 846. The fourth-order valence-corrected chi connectivity index (χ4v) is 3.54. The van der Waals surface area contributed by atoms with E-state index in [1.54, 1.807) is 6.07 Å². The van der Waals surface area contributed by atoms with Crippen LogP contribution in [0.3, 0.4) is 0 Å². The predicted molar refractivity (Wildman–Crippen MR) is 95.4 cm³/mol. The second-order valence-electron chi connectivity index (χ2n) is 6.78. The molecule has 1 N–H and O–H groups in total. The zero-order valence-corrected chi connectivity index (χ0v) is 15.1. The van der Waals surface area contributed by atoms with Crippen molar-refractivity contribution in [3.05, 3.63) is 46.5 Å². The molecule has 2 aromatic heterocycles. The zero-order chi connectivity index (χ0) is 18.1. The molecule has 1 fully saturated rings. The number of rotatable bonds is 4. The van der Waals surface area contributed by atoms with Crippen LogP contribution >= 0.6 is 11.6 Å². The Morgan fingerprint density at radius 2 is 2.15 bits per heavy atom. The molecule has 0 unspecified atom stereocenters. The molecule has 0 atom stereocenters. The highest BCUT2D eigenvalue weighted by molar-refractivity contribution is 6.33. The average Bonchev–Trinajstić information content (AvgIpc) is 3.00. The summed E-state index contributed by atoms with van der Waals surface area (Å²) in [4.78, 5) is 30.5. The molecule has 26 heavy (non-hydrogen) atoms. The molecular formula is C18H20ClN5O2. The lowest BCUT2D eigenvalue weighted by Crippen LogP contribution is -2.43. The highest BCUT2D eigenvalue weighted by atomic mass is 35.5. The van der Waals surface area contributed by atoms with Crippen LogP contribution in [0.1, 0.15) is 41.0 Å². The molecule has 1 aliphatic heterocycles. The van der Waals surface area contributed by atoms with E-state index in [9.17, 15) is 9.59 Å². The molecule has 0 saturated heterocycles. The van der Waals surface area contributed by atoms with Crippen LogP contribution in [-0.2, 0) is 24.4 Å². The van der Waals surface area contributed by atoms with E-state index >= 15 is 0 Å². The summed E-state index contributed by atoms with van der Waals surface area (Å²) in [6, 6.07) is 3.54. The van der Waals surface area contributed by atoms with Crippen LogP contribution in [0, 0.1) is 5.92 Å². The number of aromatic nitrogens is 3. The second kappa shape index (κ2) is 7.07. The normalized spacial score (nSPS) is 16.7. The van der Waals surface area contributed by atoms with Gasteiger partial charge in [0.2, 0.25) is 5.91 Å². The highest BCUT2D eigenvalue weighted by Crippen LogP contribution is 2.29. The first-order valence-electron chi connectivity index (χ1n) is 8.84. The summed E-state index contributed by atoms with van der Waals surface area (Å²) < 4.78 is 1.92. The molecule has 4 rings (SSSR count). The Hall–Kier alpha value is -2.41. The molecule has 1 saturated carbocycles. The van der Waals surface area contributed by atoms with Crippen LogP contribution in [0.5, 0.6) is 0 Å². The molecule has 0 radical (unpaired) electrons. The van der Waals surface area contributed by atoms with Crippen molar-refractivity contribution < 1.29 is 9.59 Å². The van der Waals surface area contributed by atoms with Crippen LogP contribution in [0.25, 0.3) is 0 Å². The second-order valence-corrected chi connectivity index (χ2v) is 7.18. The fourth-order valence-electron chi connectivity index (χ4n) is 3.34. The van der Waals surface area contributed by atoms with Gasteiger partial charge in [0, 0.05) is 24.9 Å². The van der Waals surface area contributed by atoms with Crippen molar-refractivity contribution in [3.63, 3.8) is 0 Å². The molecule has 7 nitrogen and oxygen atoms in total. The van der Waals surface area contributed by atoms with Gasteiger partial charge in [-0.2, -0.15) is 5.10 Å². The van der Waals surface area contributed by atoms with Crippen LogP contribution in [-0.4, -0.2) is 38.0 Å². The van der Waals surface area contributed by atoms with Gasteiger partial charge in [0.05, 0.1) is 41.6 Å². The van der Waals surface area contributed by atoms with Crippen molar-refractivity contribution in [3.8, 4) is 0 Å². The maximum Gasteiger partial charge on any atom is 0.253 e. The van der Waals surface area contributed by atoms with Crippen molar-refractivity contribution in [2.24, 2.45) is 5.92 Å². The van der Waals surface area contributed by atoms with Gasteiger partial charge in [-0.15, -0.1) is 0 Å². The number of carbonyl (C=O) groups excluding carboxylic acids is 2. The van der Waals surface area contributed by atoms with E-state index in [-0.39, 0.29) is 17.7 Å². The number of nitrogens with one attached hydrogen (secondary N) is 1. The van der Waals surface area contributed by atoms with Crippen molar-refractivity contribution in [1.29, 1.82) is 0 Å². The summed E-state index contributed by atoms with van der Waals surface area (Å²) in [5.74, 6) is 0.226. The summed E-state index contributed by atoms with van der Waals surface area (Å²) in [6.45, 7) is 2.29. The lowest BCUT2D eigenvalue weighted by Gasteiger charge is -2.34. The number of carbonyl (C=O) groups is 2. The van der Waals surface area contributed by atoms with Gasteiger partial charge in [-0.25, -0.2) is 0 Å². The number of nitrogens with zero attached hydrogens (tertiary/aromatic N) is 4. The molecule has 0 bridgehead atoms. The Labute approximate surface area is 156 Å². The predicted octanol–water partition coefficient (Wildman–Crippen LogP) is 2.00. The number of hydrogen-bond acceptors (Lipinski definition) is 4. The summed E-state index contributed by atoms with van der Waals surface area (Å²) in [7, 11) is 0. The molecule has 2 aliphatic rings. The maximum absolute atomic E-state index is 12.4. The van der Waals surface area contributed by atoms with E-state index in [4.69, 9.17) is 11.6 Å². The van der Waals surface area contributed by atoms with Crippen LogP contribution < -0.4 is 5.32 Å². The van der Waals surface area contributed by atoms with E-state index in [2.05, 4.69) is 15.4 Å². The topological polar surface area (TPSA) is 80.1 Å². The summed E-state index contributed by atoms with van der Waals surface area (Å²) in [5.41, 5.74) is 2.18. The molecule has 0 aromatic carbocycles. The van der Waals surface area contributed by atoms with Crippen molar-refractivity contribution in [2.45, 2.75) is 38.9 Å². The SMILES string of the molecule is O=C(NCc1cc2n(n1)CCN(C(=O)C1CCC1)C2)c1ccncc1Cl. The van der Waals surface area contributed by atoms with Crippen LogP contribution in [0.15, 0.2) is 24.5 Å². The number of hydrogen-bond donors (Lipinski definition) is 1. The van der Waals surface area contributed by atoms with Gasteiger partial charge >= 0.3 is 0 Å². The molecule has 1 aliphatic carbocycles. The Morgan fingerprint density at radius 1 is 1.31 bits per heavy atom. The molecule has 2 aromatic rings. The van der Waals surface area contributed by atoms with Crippen molar-refractivity contribution in [1.82, 2.24) is 25.0 Å². The van der Waals surface area contributed by atoms with Gasteiger partial charge in [0.1, 0.15) is 0 Å². The lowest BCUT2D eigenvalue weighted by molar-refractivity contribution is -0.139. The van der Waals surface area contributed by atoms with Gasteiger partial charge in [0.15, 0.2) is 0 Å². The highest BCUT2D eigenvalue weighted by Gasteiger charge is 2.31. The standard InChI is InChI=1S/C18H20ClN5O2/c19-16-10-20-5-4-15(16)17(25)21-9-13-8-14-11-23(6-7-24(14)22-13)18(26)12-2-1-3-12/h4-5,8,10,12H,1-3,6-7,9,11H2,(H,21,25). The Morgan fingerprint density at radius 3 is 2.88 bits per heavy atom. The smallest absolute Gasteiger partial charge is 0.253 e. The summed E-state index contributed by atoms with van der Waals surface area (Å²) in [6.07, 6.45) is 6.17. The van der Waals surface area contributed by atoms with E-state index in [0.717, 1.165) is 30.7 Å². The monoisotopic (exact) mass is 373 g/mol. The third kappa shape index (κ3) is 3.31. The van der Waals surface area contributed by atoms with Gasteiger partial charge < -0.3 is 10.2 Å². The van der Waals surface area contributed by atoms with Crippen molar-refractivity contribution >= 4 is 23.4 Å². The van der Waals surface area contributed by atoms with Gasteiger partial charge in [-0.1, -0.05) is 18.0 Å². The summed E-state index contributed by atoms with van der Waals surface area (Å²) >= 11 is 5.99. The molecule has 8 heteroatoms. The number of amides is 2. The van der Waals surface area contributed by atoms with E-state index in [1.165, 1.54) is 12.4 Å². The minimum atomic E-state index is -0.259. The first-order valence-corrected chi connectivity index (χ1v) is 9.21. The maximum atomic E-state index is 12.4. The van der Waals surface area contributed by atoms with E-state index in [0.29, 0.717) is 36.8 Å². The fraction of sp³-hybridized carbons (Fsp3) is 0.444. The molecule has 136 valence electrons. The van der Waals surface area contributed by atoms with Crippen molar-refractivity contribution in [2.75, 3.05) is 6.54 Å². The first kappa shape index (κ1) is 17.0. The van der Waals surface area contributed by atoms with E-state index < -0.39 is 0 Å². The first-order chi connectivity index (χ1) is 12.6. The largest absolute Gasteiger partial charge is 0.346 e. The third-order valence-electron chi connectivity index (χ3n) is 5.06.